The number of aryl methyl sites for hydroxylation is 2. The summed E-state index contributed by atoms with van der Waals surface area (Å²) >= 11 is 0. The maximum Gasteiger partial charge on any atom is 0.340 e. The fourth-order valence-electron chi connectivity index (χ4n) is 4.22. The number of halogens is 2. The first-order valence-electron chi connectivity index (χ1n) is 11.5. The van der Waals surface area contributed by atoms with Gasteiger partial charge in [-0.25, -0.2) is 13.6 Å². The molecular weight excluding hydrogens is 458 g/mol. The van der Waals surface area contributed by atoms with Gasteiger partial charge in [-0.15, -0.1) is 0 Å². The summed E-state index contributed by atoms with van der Waals surface area (Å²) in [6, 6.07) is 10.3. The molecular formula is C26H32F2N2O5. The van der Waals surface area contributed by atoms with Crippen molar-refractivity contribution in [3.05, 3.63) is 53.1 Å². The molecule has 9 heteroatoms. The molecule has 1 unspecified atom stereocenters. The van der Waals surface area contributed by atoms with Crippen LogP contribution in [0.4, 0.5) is 20.2 Å². The average molecular weight is 491 g/mol. The molecule has 0 spiro atoms. The number of methoxy groups -OCH3 is 1. The second kappa shape index (κ2) is 11.5. The number of benzene rings is 2. The van der Waals surface area contributed by atoms with Crippen molar-refractivity contribution in [1.29, 1.82) is 0 Å². The van der Waals surface area contributed by atoms with Gasteiger partial charge in [-0.05, 0) is 57.0 Å². The van der Waals surface area contributed by atoms with Crippen molar-refractivity contribution in [3.63, 3.8) is 0 Å². The van der Waals surface area contributed by atoms with Gasteiger partial charge in [0.25, 0.3) is 5.91 Å². The highest BCUT2D eigenvalue weighted by atomic mass is 19.3. The summed E-state index contributed by atoms with van der Waals surface area (Å²) in [5.41, 5.74) is 2.50. The van der Waals surface area contributed by atoms with E-state index in [0.29, 0.717) is 18.8 Å². The lowest BCUT2D eigenvalue weighted by Gasteiger charge is -2.37. The number of carbonyl (C=O) groups excluding carboxylic acids is 2. The van der Waals surface area contributed by atoms with E-state index < -0.39 is 30.8 Å². The highest BCUT2D eigenvalue weighted by Gasteiger charge is 2.28. The summed E-state index contributed by atoms with van der Waals surface area (Å²) in [4.78, 5) is 27.7. The highest BCUT2D eigenvalue weighted by Crippen LogP contribution is 2.29. The number of nitrogens with one attached hydrogen (secondary N) is 1. The van der Waals surface area contributed by atoms with E-state index in [1.807, 2.05) is 19.9 Å². The fourth-order valence-corrected chi connectivity index (χ4v) is 4.22. The fraction of sp³-hybridized carbons (Fsp3) is 0.462. The first-order valence-corrected chi connectivity index (χ1v) is 11.5. The van der Waals surface area contributed by atoms with Crippen LogP contribution in [0, 0.1) is 13.8 Å². The number of hydrogen-bond donors (Lipinski definition) is 1. The van der Waals surface area contributed by atoms with Crippen molar-refractivity contribution in [3.8, 4) is 5.75 Å². The van der Waals surface area contributed by atoms with Gasteiger partial charge in [0, 0.05) is 18.8 Å². The maximum absolute atomic E-state index is 13.3. The molecule has 0 radical (unpaired) electrons. The number of morpholine rings is 1. The van der Waals surface area contributed by atoms with Crippen molar-refractivity contribution < 1.29 is 32.6 Å². The number of ether oxygens (including phenoxy) is 3. The number of para-hydroxylation sites is 1. The zero-order valence-electron chi connectivity index (χ0n) is 20.6. The average Bonchev–Trinajstić information content (AvgIpc) is 2.79. The van der Waals surface area contributed by atoms with Gasteiger partial charge < -0.3 is 24.4 Å². The normalized spacial score (nSPS) is 18.8. The zero-order chi connectivity index (χ0) is 25.7. The second-order valence-electron chi connectivity index (χ2n) is 8.83. The number of hydrogen-bond acceptors (Lipinski definition) is 6. The Morgan fingerprint density at radius 1 is 1.11 bits per heavy atom. The van der Waals surface area contributed by atoms with Gasteiger partial charge in [-0.2, -0.15) is 0 Å². The number of amides is 1. The van der Waals surface area contributed by atoms with Crippen LogP contribution in [0.25, 0.3) is 0 Å². The first kappa shape index (κ1) is 26.4. The summed E-state index contributed by atoms with van der Waals surface area (Å²) in [7, 11) is 1.24. The Labute approximate surface area is 204 Å². The molecule has 1 amide bonds. The summed E-state index contributed by atoms with van der Waals surface area (Å²) in [5.74, 6) is -1.05. The van der Waals surface area contributed by atoms with E-state index in [1.165, 1.54) is 7.11 Å². The van der Waals surface area contributed by atoms with Crippen molar-refractivity contribution in [2.75, 3.05) is 30.4 Å². The van der Waals surface area contributed by atoms with Crippen LogP contribution in [0.2, 0.25) is 0 Å². The molecule has 3 atom stereocenters. The molecule has 0 aromatic heterocycles. The molecule has 1 aliphatic heterocycles. The lowest BCUT2D eigenvalue weighted by molar-refractivity contribution is -0.124. The summed E-state index contributed by atoms with van der Waals surface area (Å²) < 4.78 is 43.1. The molecule has 2 aromatic rings. The van der Waals surface area contributed by atoms with Crippen LogP contribution in [0.1, 0.15) is 41.8 Å². The van der Waals surface area contributed by atoms with E-state index in [2.05, 4.69) is 10.2 Å². The van der Waals surface area contributed by atoms with E-state index in [4.69, 9.17) is 14.2 Å². The van der Waals surface area contributed by atoms with E-state index in [-0.39, 0.29) is 23.5 Å². The van der Waals surface area contributed by atoms with Gasteiger partial charge in [-0.3, -0.25) is 4.79 Å². The standard InChI is InChI=1S/C26H32F2N2O5/c1-15-7-6-8-16(2)24(15)35-22(12-23(27)28)25(31)29-21-10-9-19(11-20(21)26(32)33-5)30-13-17(3)34-18(4)14-30/h6-11,17-18,22-23H,12-14H2,1-5H3,(H,29,31)/t17-,18?,22-/m0/s1. The Morgan fingerprint density at radius 3 is 2.31 bits per heavy atom. The SMILES string of the molecule is COC(=O)c1cc(N2CC(C)O[C@@H](C)C2)ccc1NC(=O)[C@H](CC(F)F)Oc1c(C)cccc1C. The summed E-state index contributed by atoms with van der Waals surface area (Å²) in [6.07, 6.45) is -4.99. The number of rotatable bonds is 8. The Balaban J connectivity index is 1.88. The van der Waals surface area contributed by atoms with Gasteiger partial charge in [0.1, 0.15) is 5.75 Å². The molecule has 1 N–H and O–H groups in total. The third kappa shape index (κ3) is 6.69. The summed E-state index contributed by atoms with van der Waals surface area (Å²) in [6.45, 7) is 8.77. The van der Waals surface area contributed by atoms with Crippen LogP contribution in [-0.4, -0.2) is 56.8 Å². The largest absolute Gasteiger partial charge is 0.480 e. The predicted molar refractivity (Wildman–Crippen MR) is 130 cm³/mol. The topological polar surface area (TPSA) is 77.1 Å². The predicted octanol–water partition coefficient (Wildman–Crippen LogP) is 4.74. The molecule has 1 aliphatic rings. The monoisotopic (exact) mass is 490 g/mol. The molecule has 0 saturated carbocycles. The molecule has 2 aromatic carbocycles. The molecule has 3 rings (SSSR count). The number of nitrogens with zero attached hydrogens (tertiary/aromatic N) is 1. The maximum atomic E-state index is 13.3. The Morgan fingerprint density at radius 2 is 1.74 bits per heavy atom. The smallest absolute Gasteiger partial charge is 0.340 e. The van der Waals surface area contributed by atoms with E-state index in [9.17, 15) is 18.4 Å². The number of esters is 1. The van der Waals surface area contributed by atoms with Crippen molar-refractivity contribution in [1.82, 2.24) is 0 Å². The van der Waals surface area contributed by atoms with Crippen LogP contribution in [0.3, 0.4) is 0 Å². The number of anilines is 2. The Kier molecular flexibility index (Phi) is 8.67. The van der Waals surface area contributed by atoms with Crippen LogP contribution in [0.15, 0.2) is 36.4 Å². The minimum atomic E-state index is -2.76. The second-order valence-corrected chi connectivity index (χ2v) is 8.83. The Hall–Kier alpha value is -3.20. The third-order valence-corrected chi connectivity index (χ3v) is 5.80. The number of alkyl halides is 2. The van der Waals surface area contributed by atoms with Crippen LogP contribution < -0.4 is 15.0 Å². The first-order chi connectivity index (χ1) is 16.6. The van der Waals surface area contributed by atoms with Crippen molar-refractivity contribution in [2.45, 2.75) is 58.9 Å². The van der Waals surface area contributed by atoms with E-state index >= 15 is 0 Å². The van der Waals surface area contributed by atoms with E-state index in [0.717, 1.165) is 16.8 Å². The molecule has 1 saturated heterocycles. The molecule has 190 valence electrons. The van der Waals surface area contributed by atoms with Crippen molar-refractivity contribution in [2.24, 2.45) is 0 Å². The molecule has 1 heterocycles. The zero-order valence-corrected chi connectivity index (χ0v) is 20.6. The molecule has 0 bridgehead atoms. The van der Waals surface area contributed by atoms with Crippen LogP contribution in [0.5, 0.6) is 5.75 Å². The van der Waals surface area contributed by atoms with Gasteiger partial charge >= 0.3 is 5.97 Å². The van der Waals surface area contributed by atoms with Crippen LogP contribution in [-0.2, 0) is 14.3 Å². The Bertz CT molecular complexity index is 1030. The lowest BCUT2D eigenvalue weighted by Crippen LogP contribution is -2.45. The number of carbonyl (C=O) groups is 2. The van der Waals surface area contributed by atoms with E-state index in [1.54, 1.807) is 44.2 Å². The molecule has 7 nitrogen and oxygen atoms in total. The third-order valence-electron chi connectivity index (χ3n) is 5.80. The molecule has 1 fully saturated rings. The van der Waals surface area contributed by atoms with Crippen molar-refractivity contribution >= 4 is 23.3 Å². The highest BCUT2D eigenvalue weighted by molar-refractivity contribution is 6.03. The minimum Gasteiger partial charge on any atom is -0.480 e. The summed E-state index contributed by atoms with van der Waals surface area (Å²) in [5, 5.41) is 2.60. The van der Waals surface area contributed by atoms with Gasteiger partial charge in [0.05, 0.1) is 37.0 Å². The molecule has 0 aliphatic carbocycles. The lowest BCUT2D eigenvalue weighted by atomic mass is 10.1. The quantitative estimate of drug-likeness (QED) is 0.539. The minimum absolute atomic E-state index is 0.0110. The van der Waals surface area contributed by atoms with Gasteiger partial charge in [-0.1, -0.05) is 18.2 Å². The van der Waals surface area contributed by atoms with Crippen LogP contribution >= 0.6 is 0 Å². The van der Waals surface area contributed by atoms with Gasteiger partial charge in [0.2, 0.25) is 6.43 Å². The van der Waals surface area contributed by atoms with Gasteiger partial charge in [0.15, 0.2) is 6.10 Å². The molecule has 35 heavy (non-hydrogen) atoms.